The fourth-order valence-electron chi connectivity index (χ4n) is 2.48. The maximum Gasteiger partial charge on any atom is 0.236 e. The summed E-state index contributed by atoms with van der Waals surface area (Å²) >= 11 is 0. The summed E-state index contributed by atoms with van der Waals surface area (Å²) in [5.74, 6) is 0.959. The first-order chi connectivity index (χ1) is 9.04. The minimum absolute atomic E-state index is 0.170. The first kappa shape index (κ1) is 14.8. The molecule has 0 aromatic carbocycles. The van der Waals surface area contributed by atoms with Gasteiger partial charge in [-0.2, -0.15) is 0 Å². The van der Waals surface area contributed by atoms with E-state index in [0.717, 1.165) is 38.7 Å². The molecule has 5 nitrogen and oxygen atoms in total. The topological polar surface area (TPSA) is 36.0 Å². The Morgan fingerprint density at radius 3 is 2.63 bits per heavy atom. The van der Waals surface area contributed by atoms with E-state index in [1.165, 1.54) is 12.8 Å². The van der Waals surface area contributed by atoms with Crippen LogP contribution in [0.25, 0.3) is 0 Å². The van der Waals surface area contributed by atoms with Gasteiger partial charge in [0.25, 0.3) is 0 Å². The van der Waals surface area contributed by atoms with Crippen molar-refractivity contribution in [1.29, 1.82) is 0 Å². The summed E-state index contributed by atoms with van der Waals surface area (Å²) in [7, 11) is 6.00. The molecule has 110 valence electrons. The van der Waals surface area contributed by atoms with Crippen LogP contribution in [-0.2, 0) is 9.53 Å². The second-order valence-electron chi connectivity index (χ2n) is 6.23. The Bertz CT molecular complexity index is 305. The summed E-state index contributed by atoms with van der Waals surface area (Å²) in [6, 6.07) is 0. The summed E-state index contributed by atoms with van der Waals surface area (Å²) < 4.78 is 5.79. The van der Waals surface area contributed by atoms with Crippen LogP contribution in [0.15, 0.2) is 0 Å². The molecule has 2 fully saturated rings. The third-order valence-corrected chi connectivity index (χ3v) is 3.75. The molecule has 0 bridgehead atoms. The van der Waals surface area contributed by atoms with Crippen LogP contribution in [0.5, 0.6) is 0 Å². The van der Waals surface area contributed by atoms with Crippen molar-refractivity contribution < 1.29 is 9.53 Å². The molecule has 1 aliphatic heterocycles. The standard InChI is InChI=1S/C14H27N3O2/c1-15(2)11-14(18)17(8-12-4-5-12)10-13-9-16(3)6-7-19-13/h12-13H,4-11H2,1-3H3/t13-/m0/s1. The number of hydrogen-bond acceptors (Lipinski definition) is 4. The van der Waals surface area contributed by atoms with E-state index in [-0.39, 0.29) is 12.0 Å². The van der Waals surface area contributed by atoms with E-state index < -0.39 is 0 Å². The number of carbonyl (C=O) groups is 1. The maximum atomic E-state index is 12.3. The number of rotatable bonds is 6. The van der Waals surface area contributed by atoms with E-state index in [9.17, 15) is 4.79 Å². The minimum Gasteiger partial charge on any atom is -0.374 e. The molecule has 0 spiro atoms. The van der Waals surface area contributed by atoms with Gasteiger partial charge in [-0.3, -0.25) is 4.79 Å². The van der Waals surface area contributed by atoms with Crippen LogP contribution in [0.3, 0.4) is 0 Å². The monoisotopic (exact) mass is 269 g/mol. The number of likely N-dealkylation sites (N-methyl/N-ethyl adjacent to an activating group) is 2. The smallest absolute Gasteiger partial charge is 0.236 e. The largest absolute Gasteiger partial charge is 0.374 e. The van der Waals surface area contributed by atoms with E-state index in [1.807, 2.05) is 23.9 Å². The zero-order valence-electron chi connectivity index (χ0n) is 12.5. The summed E-state index contributed by atoms with van der Waals surface area (Å²) in [5.41, 5.74) is 0. The Labute approximate surface area is 116 Å². The van der Waals surface area contributed by atoms with Crippen LogP contribution in [0, 0.1) is 5.92 Å². The molecule has 0 aromatic heterocycles. The van der Waals surface area contributed by atoms with E-state index >= 15 is 0 Å². The second kappa shape index (κ2) is 6.68. The van der Waals surface area contributed by atoms with Crippen LogP contribution in [0.2, 0.25) is 0 Å². The Morgan fingerprint density at radius 1 is 1.32 bits per heavy atom. The van der Waals surface area contributed by atoms with Crippen LogP contribution < -0.4 is 0 Å². The number of nitrogens with zero attached hydrogens (tertiary/aromatic N) is 3. The number of ether oxygens (including phenoxy) is 1. The molecule has 1 amide bonds. The molecule has 19 heavy (non-hydrogen) atoms. The van der Waals surface area contributed by atoms with Crippen LogP contribution in [-0.4, -0.2) is 87.2 Å². The van der Waals surface area contributed by atoms with Gasteiger partial charge >= 0.3 is 0 Å². The lowest BCUT2D eigenvalue weighted by Crippen LogP contribution is -2.49. The molecule has 1 heterocycles. The molecule has 0 N–H and O–H groups in total. The highest BCUT2D eigenvalue weighted by Crippen LogP contribution is 2.30. The zero-order chi connectivity index (χ0) is 13.8. The first-order valence-corrected chi connectivity index (χ1v) is 7.27. The normalized spacial score (nSPS) is 24.7. The van der Waals surface area contributed by atoms with Crippen LogP contribution in [0.1, 0.15) is 12.8 Å². The van der Waals surface area contributed by atoms with Crippen molar-refractivity contribution in [1.82, 2.24) is 14.7 Å². The molecule has 0 radical (unpaired) electrons. The lowest BCUT2D eigenvalue weighted by Gasteiger charge is -2.34. The molecular formula is C14H27N3O2. The fraction of sp³-hybridized carbons (Fsp3) is 0.929. The van der Waals surface area contributed by atoms with Gasteiger partial charge in [-0.15, -0.1) is 0 Å². The zero-order valence-corrected chi connectivity index (χ0v) is 12.5. The molecule has 5 heteroatoms. The van der Waals surface area contributed by atoms with Gasteiger partial charge in [-0.25, -0.2) is 0 Å². The van der Waals surface area contributed by atoms with Crippen molar-refractivity contribution >= 4 is 5.91 Å². The number of amides is 1. The van der Waals surface area contributed by atoms with Crippen LogP contribution in [0.4, 0.5) is 0 Å². The summed E-state index contributed by atoms with van der Waals surface area (Å²) in [4.78, 5) is 18.5. The van der Waals surface area contributed by atoms with Gasteiger partial charge in [0.2, 0.25) is 5.91 Å². The highest BCUT2D eigenvalue weighted by atomic mass is 16.5. The first-order valence-electron chi connectivity index (χ1n) is 7.27. The van der Waals surface area contributed by atoms with Crippen molar-refractivity contribution in [2.75, 3.05) is 60.5 Å². The second-order valence-corrected chi connectivity index (χ2v) is 6.23. The van der Waals surface area contributed by atoms with Gasteiger partial charge in [0.1, 0.15) is 0 Å². The summed E-state index contributed by atoms with van der Waals surface area (Å²) in [6.45, 7) is 4.85. The van der Waals surface area contributed by atoms with E-state index in [4.69, 9.17) is 4.74 Å². The fourth-order valence-corrected chi connectivity index (χ4v) is 2.48. The predicted molar refractivity (Wildman–Crippen MR) is 75.1 cm³/mol. The van der Waals surface area contributed by atoms with Gasteiger partial charge in [0.05, 0.1) is 19.3 Å². The Balaban J connectivity index is 1.86. The van der Waals surface area contributed by atoms with Gasteiger partial charge in [0, 0.05) is 26.2 Å². The molecule has 1 saturated heterocycles. The number of hydrogen-bond donors (Lipinski definition) is 0. The highest BCUT2D eigenvalue weighted by Gasteiger charge is 2.29. The molecule has 1 atom stereocenters. The Hall–Kier alpha value is -0.650. The van der Waals surface area contributed by atoms with E-state index in [0.29, 0.717) is 6.54 Å². The molecular weight excluding hydrogens is 242 g/mol. The molecule has 1 aliphatic carbocycles. The van der Waals surface area contributed by atoms with Crippen molar-refractivity contribution in [3.05, 3.63) is 0 Å². The summed E-state index contributed by atoms with van der Waals surface area (Å²) in [6.07, 6.45) is 2.72. The third-order valence-electron chi connectivity index (χ3n) is 3.75. The minimum atomic E-state index is 0.170. The Kier molecular flexibility index (Phi) is 5.19. The SMILES string of the molecule is CN(C)CC(=O)N(CC1CC1)C[C@@H]1CN(C)CCO1. The van der Waals surface area contributed by atoms with Gasteiger partial charge in [0.15, 0.2) is 0 Å². The molecule has 2 rings (SSSR count). The van der Waals surface area contributed by atoms with Gasteiger partial charge < -0.3 is 19.4 Å². The summed E-state index contributed by atoms with van der Waals surface area (Å²) in [5, 5.41) is 0. The average molecular weight is 269 g/mol. The van der Waals surface area contributed by atoms with Gasteiger partial charge in [-0.1, -0.05) is 0 Å². The lowest BCUT2D eigenvalue weighted by molar-refractivity contribution is -0.135. The molecule has 0 aromatic rings. The number of morpholine rings is 1. The van der Waals surface area contributed by atoms with E-state index in [1.54, 1.807) is 0 Å². The maximum absolute atomic E-state index is 12.3. The average Bonchev–Trinajstić information content (AvgIpc) is 3.11. The van der Waals surface area contributed by atoms with Gasteiger partial charge in [-0.05, 0) is 39.9 Å². The molecule has 0 unspecified atom stereocenters. The third kappa shape index (κ3) is 5.09. The Morgan fingerprint density at radius 2 is 2.05 bits per heavy atom. The number of carbonyl (C=O) groups excluding carboxylic acids is 1. The quantitative estimate of drug-likeness (QED) is 0.686. The predicted octanol–water partition coefficient (Wildman–Crippen LogP) is 0.117. The highest BCUT2D eigenvalue weighted by molar-refractivity contribution is 5.78. The lowest BCUT2D eigenvalue weighted by atomic mass is 10.2. The van der Waals surface area contributed by atoms with Crippen LogP contribution >= 0.6 is 0 Å². The van der Waals surface area contributed by atoms with Crippen molar-refractivity contribution in [3.8, 4) is 0 Å². The van der Waals surface area contributed by atoms with E-state index in [2.05, 4.69) is 11.9 Å². The molecule has 2 aliphatic rings. The van der Waals surface area contributed by atoms with Crippen molar-refractivity contribution in [2.24, 2.45) is 5.92 Å². The van der Waals surface area contributed by atoms with Crippen molar-refractivity contribution in [2.45, 2.75) is 18.9 Å². The molecule has 1 saturated carbocycles. The van der Waals surface area contributed by atoms with Crippen molar-refractivity contribution in [3.63, 3.8) is 0 Å².